The van der Waals surface area contributed by atoms with Crippen LogP contribution in [0.4, 0.5) is 0 Å². The van der Waals surface area contributed by atoms with Crippen LogP contribution < -0.4 is 5.32 Å². The Morgan fingerprint density at radius 2 is 1.80 bits per heavy atom. The Morgan fingerprint density at radius 1 is 1.15 bits per heavy atom. The van der Waals surface area contributed by atoms with Gasteiger partial charge >= 0.3 is 0 Å². The lowest BCUT2D eigenvalue weighted by molar-refractivity contribution is -0.115. The van der Waals surface area contributed by atoms with Crippen LogP contribution in [0.1, 0.15) is 45.4 Å². The van der Waals surface area contributed by atoms with Crippen molar-refractivity contribution in [3.63, 3.8) is 0 Å². The Bertz CT molecular complexity index is 260. The van der Waals surface area contributed by atoms with E-state index in [4.69, 9.17) is 14.2 Å². The topological polar surface area (TPSA) is 39.7 Å². The standard InChI is InChI=1S/C16H31NO3/c1-3-8-17-15(13-14-4-9-19-10-5-14)16(18-2)6-11-20-12-7-16/h14-15,17H,3-13H2,1-2H3. The van der Waals surface area contributed by atoms with Gasteiger partial charge in [-0.25, -0.2) is 0 Å². The highest BCUT2D eigenvalue weighted by Gasteiger charge is 2.41. The number of methoxy groups -OCH3 is 1. The highest BCUT2D eigenvalue weighted by Crippen LogP contribution is 2.33. The molecule has 0 radical (unpaired) electrons. The number of rotatable bonds is 7. The zero-order valence-corrected chi connectivity index (χ0v) is 13.2. The van der Waals surface area contributed by atoms with Crippen LogP contribution in [0.15, 0.2) is 0 Å². The molecule has 0 spiro atoms. The minimum absolute atomic E-state index is 0.0360. The summed E-state index contributed by atoms with van der Waals surface area (Å²) in [5.41, 5.74) is -0.0360. The van der Waals surface area contributed by atoms with Crippen LogP contribution >= 0.6 is 0 Å². The van der Waals surface area contributed by atoms with Crippen molar-refractivity contribution in [2.45, 2.75) is 57.1 Å². The Morgan fingerprint density at radius 3 is 2.40 bits per heavy atom. The third kappa shape index (κ3) is 4.17. The predicted molar refractivity (Wildman–Crippen MR) is 80.0 cm³/mol. The van der Waals surface area contributed by atoms with E-state index in [1.165, 1.54) is 25.7 Å². The molecule has 1 atom stereocenters. The maximum absolute atomic E-state index is 6.01. The van der Waals surface area contributed by atoms with Crippen LogP contribution in [0.25, 0.3) is 0 Å². The third-order valence-electron chi connectivity index (χ3n) is 4.93. The first-order chi connectivity index (χ1) is 9.80. The molecule has 2 aliphatic rings. The zero-order valence-electron chi connectivity index (χ0n) is 13.2. The highest BCUT2D eigenvalue weighted by molar-refractivity contribution is 4.96. The average molecular weight is 285 g/mol. The Balaban J connectivity index is 1.99. The summed E-state index contributed by atoms with van der Waals surface area (Å²) >= 11 is 0. The molecule has 20 heavy (non-hydrogen) atoms. The van der Waals surface area contributed by atoms with E-state index >= 15 is 0 Å². The van der Waals surface area contributed by atoms with Gasteiger partial charge in [0.15, 0.2) is 0 Å². The van der Waals surface area contributed by atoms with Crippen LogP contribution in [-0.2, 0) is 14.2 Å². The van der Waals surface area contributed by atoms with Crippen molar-refractivity contribution in [1.82, 2.24) is 5.32 Å². The molecule has 0 aromatic rings. The summed E-state index contributed by atoms with van der Waals surface area (Å²) in [5.74, 6) is 0.771. The van der Waals surface area contributed by atoms with Gasteiger partial charge in [-0.05, 0) is 38.1 Å². The van der Waals surface area contributed by atoms with Gasteiger partial charge in [0.25, 0.3) is 0 Å². The van der Waals surface area contributed by atoms with Gasteiger partial charge in [0.05, 0.1) is 5.60 Å². The molecule has 0 aromatic heterocycles. The van der Waals surface area contributed by atoms with Crippen molar-refractivity contribution >= 4 is 0 Å². The van der Waals surface area contributed by atoms with Gasteiger partial charge in [0.1, 0.15) is 0 Å². The van der Waals surface area contributed by atoms with Crippen molar-refractivity contribution in [3.05, 3.63) is 0 Å². The smallest absolute Gasteiger partial charge is 0.0874 e. The molecule has 2 rings (SSSR count). The van der Waals surface area contributed by atoms with Crippen molar-refractivity contribution in [3.8, 4) is 0 Å². The normalized spacial score (nSPS) is 25.5. The molecular formula is C16H31NO3. The summed E-state index contributed by atoms with van der Waals surface area (Å²) < 4.78 is 17.0. The zero-order chi connectivity index (χ0) is 14.3. The fourth-order valence-electron chi connectivity index (χ4n) is 3.53. The summed E-state index contributed by atoms with van der Waals surface area (Å²) in [6, 6.07) is 0.444. The molecule has 0 aromatic carbocycles. The van der Waals surface area contributed by atoms with Gasteiger partial charge in [-0.3, -0.25) is 0 Å². The maximum atomic E-state index is 6.01. The molecule has 2 saturated heterocycles. The van der Waals surface area contributed by atoms with E-state index in [1.807, 2.05) is 7.11 Å². The average Bonchev–Trinajstić information content (AvgIpc) is 2.53. The molecule has 0 aliphatic carbocycles. The Hall–Kier alpha value is -0.160. The third-order valence-corrected chi connectivity index (χ3v) is 4.93. The lowest BCUT2D eigenvalue weighted by Gasteiger charge is -2.44. The second kappa shape index (κ2) is 8.32. The predicted octanol–water partition coefficient (Wildman–Crippen LogP) is 2.37. The summed E-state index contributed by atoms with van der Waals surface area (Å²) in [6.07, 6.45) is 6.78. The first kappa shape index (κ1) is 16.2. The highest BCUT2D eigenvalue weighted by atomic mass is 16.5. The van der Waals surface area contributed by atoms with E-state index < -0.39 is 0 Å². The molecule has 2 aliphatic heterocycles. The molecular weight excluding hydrogens is 254 g/mol. The summed E-state index contributed by atoms with van der Waals surface area (Å²) in [6.45, 7) is 6.79. The lowest BCUT2D eigenvalue weighted by atomic mass is 9.79. The SMILES string of the molecule is CCCNC(CC1CCOCC1)C1(OC)CCOCC1. The van der Waals surface area contributed by atoms with Gasteiger partial charge in [0, 0.05) is 52.4 Å². The fraction of sp³-hybridized carbons (Fsp3) is 1.00. The molecule has 118 valence electrons. The Labute approximate surface area is 123 Å². The minimum atomic E-state index is -0.0360. The minimum Gasteiger partial charge on any atom is -0.381 e. The van der Waals surface area contributed by atoms with E-state index in [0.29, 0.717) is 6.04 Å². The summed E-state index contributed by atoms with van der Waals surface area (Å²) in [7, 11) is 1.87. The number of hydrogen-bond donors (Lipinski definition) is 1. The van der Waals surface area contributed by atoms with E-state index in [9.17, 15) is 0 Å². The monoisotopic (exact) mass is 285 g/mol. The lowest BCUT2D eigenvalue weighted by Crippen LogP contribution is -2.56. The van der Waals surface area contributed by atoms with Gasteiger partial charge in [-0.1, -0.05) is 6.92 Å². The van der Waals surface area contributed by atoms with Crippen molar-refractivity contribution in [1.29, 1.82) is 0 Å². The van der Waals surface area contributed by atoms with Crippen LogP contribution in [0, 0.1) is 5.92 Å². The molecule has 1 N–H and O–H groups in total. The Kier molecular flexibility index (Phi) is 6.75. The number of hydrogen-bond acceptors (Lipinski definition) is 4. The summed E-state index contributed by atoms with van der Waals surface area (Å²) in [5, 5.41) is 3.76. The maximum Gasteiger partial charge on any atom is 0.0874 e. The number of nitrogens with one attached hydrogen (secondary N) is 1. The molecule has 4 nitrogen and oxygen atoms in total. The van der Waals surface area contributed by atoms with Crippen LogP contribution in [-0.4, -0.2) is 51.7 Å². The van der Waals surface area contributed by atoms with Crippen LogP contribution in [0.5, 0.6) is 0 Å². The fourth-order valence-corrected chi connectivity index (χ4v) is 3.53. The van der Waals surface area contributed by atoms with Crippen LogP contribution in [0.2, 0.25) is 0 Å². The first-order valence-electron chi connectivity index (χ1n) is 8.25. The molecule has 0 amide bonds. The molecule has 2 heterocycles. The second-order valence-corrected chi connectivity index (χ2v) is 6.18. The van der Waals surface area contributed by atoms with Gasteiger partial charge in [-0.15, -0.1) is 0 Å². The molecule has 0 bridgehead atoms. The molecule has 1 unspecified atom stereocenters. The van der Waals surface area contributed by atoms with Crippen molar-refractivity contribution in [2.75, 3.05) is 40.1 Å². The number of ether oxygens (including phenoxy) is 3. The van der Waals surface area contributed by atoms with Crippen molar-refractivity contribution < 1.29 is 14.2 Å². The molecule has 0 saturated carbocycles. The first-order valence-corrected chi connectivity index (χ1v) is 8.25. The van der Waals surface area contributed by atoms with Gasteiger partial charge in [-0.2, -0.15) is 0 Å². The quantitative estimate of drug-likeness (QED) is 0.779. The van der Waals surface area contributed by atoms with E-state index in [-0.39, 0.29) is 5.60 Å². The van der Waals surface area contributed by atoms with E-state index in [2.05, 4.69) is 12.2 Å². The molecule has 4 heteroatoms. The molecule has 2 fully saturated rings. The van der Waals surface area contributed by atoms with E-state index in [0.717, 1.165) is 51.7 Å². The largest absolute Gasteiger partial charge is 0.381 e. The summed E-state index contributed by atoms with van der Waals surface area (Å²) in [4.78, 5) is 0. The van der Waals surface area contributed by atoms with E-state index in [1.54, 1.807) is 0 Å². The second-order valence-electron chi connectivity index (χ2n) is 6.18. The van der Waals surface area contributed by atoms with Crippen molar-refractivity contribution in [2.24, 2.45) is 5.92 Å². The van der Waals surface area contributed by atoms with Crippen LogP contribution in [0.3, 0.4) is 0 Å². The van der Waals surface area contributed by atoms with Gasteiger partial charge in [0.2, 0.25) is 0 Å². The van der Waals surface area contributed by atoms with Gasteiger partial charge < -0.3 is 19.5 Å².